The summed E-state index contributed by atoms with van der Waals surface area (Å²) in [5.41, 5.74) is 0.921. The third-order valence-electron chi connectivity index (χ3n) is 6.52. The monoisotopic (exact) mass is 297 g/mol. The summed E-state index contributed by atoms with van der Waals surface area (Å²) in [6, 6.07) is 9.84. The molecule has 1 N–H and O–H groups in total. The molecule has 0 heterocycles. The van der Waals surface area contributed by atoms with Crippen LogP contribution in [0.5, 0.6) is 0 Å². The fraction of sp³-hybridized carbons (Fsp3) is 0.650. The number of anilines is 1. The molecule has 4 saturated carbocycles. The maximum atomic E-state index is 12.3. The molecule has 22 heavy (non-hydrogen) atoms. The Labute approximate surface area is 133 Å². The van der Waals surface area contributed by atoms with Gasteiger partial charge in [-0.15, -0.1) is 0 Å². The smallest absolute Gasteiger partial charge is 0.224 e. The number of carbonyl (C=O) groups is 1. The zero-order chi connectivity index (χ0) is 15.1. The van der Waals surface area contributed by atoms with E-state index in [0.29, 0.717) is 12.3 Å². The third-order valence-corrected chi connectivity index (χ3v) is 6.52. The van der Waals surface area contributed by atoms with E-state index in [9.17, 15) is 4.79 Å². The first-order chi connectivity index (χ1) is 10.7. The van der Waals surface area contributed by atoms with E-state index in [-0.39, 0.29) is 5.91 Å². The van der Waals surface area contributed by atoms with Gasteiger partial charge >= 0.3 is 0 Å². The number of amides is 1. The zero-order valence-electron chi connectivity index (χ0n) is 13.5. The Bertz CT molecular complexity index is 510. The summed E-state index contributed by atoms with van der Waals surface area (Å²) in [5.74, 6) is 5.38. The molecule has 2 heteroatoms. The maximum Gasteiger partial charge on any atom is 0.224 e. The molecule has 118 valence electrons. The topological polar surface area (TPSA) is 29.1 Å². The molecule has 0 aliphatic heterocycles. The molecular weight excluding hydrogens is 270 g/mol. The summed E-state index contributed by atoms with van der Waals surface area (Å²) in [6.07, 6.45) is 7.97. The van der Waals surface area contributed by atoms with Crippen molar-refractivity contribution in [2.45, 2.75) is 45.4 Å². The minimum absolute atomic E-state index is 0.188. The van der Waals surface area contributed by atoms with Crippen LogP contribution in [0, 0.1) is 35.5 Å². The van der Waals surface area contributed by atoms with Crippen molar-refractivity contribution in [1.29, 1.82) is 0 Å². The summed E-state index contributed by atoms with van der Waals surface area (Å²) in [7, 11) is 0. The Kier molecular flexibility index (Phi) is 3.71. The Morgan fingerprint density at radius 1 is 1.05 bits per heavy atom. The average Bonchev–Trinajstić information content (AvgIpc) is 2.46. The van der Waals surface area contributed by atoms with Gasteiger partial charge in [0.1, 0.15) is 0 Å². The predicted molar refractivity (Wildman–Crippen MR) is 89.4 cm³/mol. The highest BCUT2D eigenvalue weighted by Gasteiger charge is 2.49. The van der Waals surface area contributed by atoms with E-state index in [4.69, 9.17) is 0 Å². The molecule has 1 amide bonds. The molecule has 1 atom stereocenters. The summed E-state index contributed by atoms with van der Waals surface area (Å²) in [6.45, 7) is 2.32. The van der Waals surface area contributed by atoms with Gasteiger partial charge in [-0.25, -0.2) is 0 Å². The molecule has 2 nitrogen and oxygen atoms in total. The van der Waals surface area contributed by atoms with E-state index >= 15 is 0 Å². The molecule has 4 fully saturated rings. The fourth-order valence-electron chi connectivity index (χ4n) is 6.06. The first kappa shape index (κ1) is 14.3. The van der Waals surface area contributed by atoms with Gasteiger partial charge in [0.25, 0.3) is 0 Å². The number of hydrogen-bond donors (Lipinski definition) is 1. The van der Waals surface area contributed by atoms with Gasteiger partial charge in [-0.3, -0.25) is 4.79 Å². The first-order valence-corrected chi connectivity index (χ1v) is 9.04. The van der Waals surface area contributed by atoms with Gasteiger partial charge in [0.2, 0.25) is 5.91 Å². The lowest BCUT2D eigenvalue weighted by Crippen LogP contribution is -2.47. The van der Waals surface area contributed by atoms with E-state index in [1.54, 1.807) is 0 Å². The summed E-state index contributed by atoms with van der Waals surface area (Å²) in [4.78, 5) is 12.3. The van der Waals surface area contributed by atoms with E-state index in [1.165, 1.54) is 32.1 Å². The van der Waals surface area contributed by atoms with Gasteiger partial charge in [0.05, 0.1) is 0 Å². The molecular formula is C20H27NO. The van der Waals surface area contributed by atoms with E-state index in [1.807, 2.05) is 30.3 Å². The Hall–Kier alpha value is -1.31. The number of rotatable bonds is 4. The molecule has 1 aromatic rings. The standard InChI is InChI=1S/C20H27NO/c1-13(7-19(22)21-18-5-3-2-4-6-18)20-16-9-14-8-15(11-16)12-17(20)10-14/h2-6,13-17,20H,7-12H2,1H3,(H,21,22). The molecule has 0 saturated heterocycles. The predicted octanol–water partition coefficient (Wildman–Crippen LogP) is 4.72. The van der Waals surface area contributed by atoms with Gasteiger partial charge in [-0.1, -0.05) is 25.1 Å². The van der Waals surface area contributed by atoms with Crippen LogP contribution in [-0.2, 0) is 4.79 Å². The Morgan fingerprint density at radius 3 is 2.23 bits per heavy atom. The Morgan fingerprint density at radius 2 is 1.64 bits per heavy atom. The van der Waals surface area contributed by atoms with Crippen molar-refractivity contribution in [3.05, 3.63) is 30.3 Å². The van der Waals surface area contributed by atoms with E-state index in [2.05, 4.69) is 12.2 Å². The lowest BCUT2D eigenvalue weighted by molar-refractivity contribution is -0.119. The highest BCUT2D eigenvalue weighted by molar-refractivity contribution is 5.90. The van der Waals surface area contributed by atoms with Crippen molar-refractivity contribution in [2.24, 2.45) is 35.5 Å². The molecule has 1 aromatic carbocycles. The van der Waals surface area contributed by atoms with Gasteiger partial charge in [0, 0.05) is 12.1 Å². The fourth-order valence-corrected chi connectivity index (χ4v) is 6.06. The normalized spacial score (nSPS) is 37.0. The second-order valence-corrected chi connectivity index (χ2v) is 8.10. The van der Waals surface area contributed by atoms with Gasteiger partial charge in [-0.2, -0.15) is 0 Å². The summed E-state index contributed by atoms with van der Waals surface area (Å²) >= 11 is 0. The number of benzene rings is 1. The number of para-hydroxylation sites is 1. The van der Waals surface area contributed by atoms with Crippen molar-refractivity contribution in [3.8, 4) is 0 Å². The van der Waals surface area contributed by atoms with Crippen LogP contribution in [0.15, 0.2) is 30.3 Å². The molecule has 0 radical (unpaired) electrons. The molecule has 0 aromatic heterocycles. The molecule has 4 aliphatic carbocycles. The molecule has 4 bridgehead atoms. The summed E-state index contributed by atoms with van der Waals surface area (Å²) < 4.78 is 0. The van der Waals surface area contributed by atoms with Crippen LogP contribution < -0.4 is 5.32 Å². The molecule has 5 rings (SSSR count). The van der Waals surface area contributed by atoms with Crippen LogP contribution in [-0.4, -0.2) is 5.91 Å². The average molecular weight is 297 g/mol. The van der Waals surface area contributed by atoms with Gasteiger partial charge < -0.3 is 5.32 Å². The van der Waals surface area contributed by atoms with Crippen LogP contribution in [0.4, 0.5) is 5.69 Å². The third kappa shape index (κ3) is 2.68. The largest absolute Gasteiger partial charge is 0.326 e. The first-order valence-electron chi connectivity index (χ1n) is 9.04. The number of hydrogen-bond acceptors (Lipinski definition) is 1. The number of carbonyl (C=O) groups excluding carboxylic acids is 1. The number of nitrogens with one attached hydrogen (secondary N) is 1. The quantitative estimate of drug-likeness (QED) is 0.855. The lowest BCUT2D eigenvalue weighted by atomic mass is 9.49. The Balaban J connectivity index is 1.38. The highest BCUT2D eigenvalue weighted by Crippen LogP contribution is 2.58. The van der Waals surface area contributed by atoms with Crippen LogP contribution in [0.3, 0.4) is 0 Å². The lowest BCUT2D eigenvalue weighted by Gasteiger charge is -2.56. The van der Waals surface area contributed by atoms with Crippen LogP contribution in [0.25, 0.3) is 0 Å². The molecule has 4 aliphatic rings. The summed E-state index contributed by atoms with van der Waals surface area (Å²) in [5, 5.41) is 3.06. The second kappa shape index (κ2) is 5.72. The minimum atomic E-state index is 0.188. The van der Waals surface area contributed by atoms with Gasteiger partial charge in [-0.05, 0) is 79.7 Å². The van der Waals surface area contributed by atoms with Crippen LogP contribution in [0.2, 0.25) is 0 Å². The SMILES string of the molecule is CC(CC(=O)Nc1ccccc1)C1C2CC3CC(C2)CC1C3. The highest BCUT2D eigenvalue weighted by atomic mass is 16.1. The van der Waals surface area contributed by atoms with E-state index < -0.39 is 0 Å². The van der Waals surface area contributed by atoms with Crippen molar-refractivity contribution >= 4 is 11.6 Å². The molecule has 0 spiro atoms. The van der Waals surface area contributed by atoms with Crippen molar-refractivity contribution in [2.75, 3.05) is 5.32 Å². The van der Waals surface area contributed by atoms with Crippen LogP contribution >= 0.6 is 0 Å². The van der Waals surface area contributed by atoms with Crippen molar-refractivity contribution in [1.82, 2.24) is 0 Å². The molecule has 1 unspecified atom stereocenters. The van der Waals surface area contributed by atoms with Gasteiger partial charge in [0.15, 0.2) is 0 Å². The van der Waals surface area contributed by atoms with Crippen molar-refractivity contribution < 1.29 is 4.79 Å². The minimum Gasteiger partial charge on any atom is -0.326 e. The van der Waals surface area contributed by atoms with Crippen LogP contribution in [0.1, 0.15) is 45.4 Å². The second-order valence-electron chi connectivity index (χ2n) is 8.10. The van der Waals surface area contributed by atoms with Crippen molar-refractivity contribution in [3.63, 3.8) is 0 Å². The van der Waals surface area contributed by atoms with E-state index in [0.717, 1.165) is 35.3 Å². The zero-order valence-corrected chi connectivity index (χ0v) is 13.5. The maximum absolute atomic E-state index is 12.3.